The van der Waals surface area contributed by atoms with Crippen molar-refractivity contribution in [1.29, 1.82) is 0 Å². The minimum Gasteiger partial charge on any atom is -0.371 e. The van der Waals surface area contributed by atoms with Crippen LogP contribution >= 0.6 is 0 Å². The summed E-state index contributed by atoms with van der Waals surface area (Å²) in [7, 11) is 0. The Hall–Kier alpha value is -1.02. The van der Waals surface area contributed by atoms with Crippen molar-refractivity contribution in [2.45, 2.75) is 33.7 Å². The van der Waals surface area contributed by atoms with Crippen LogP contribution in [0.4, 0.5) is 5.69 Å². The Morgan fingerprint density at radius 3 is 2.56 bits per heavy atom. The van der Waals surface area contributed by atoms with E-state index >= 15 is 0 Å². The van der Waals surface area contributed by atoms with Crippen molar-refractivity contribution in [3.05, 3.63) is 29.8 Å². The Morgan fingerprint density at radius 1 is 1.28 bits per heavy atom. The highest BCUT2D eigenvalue weighted by Crippen LogP contribution is 2.28. The molecule has 18 heavy (non-hydrogen) atoms. The summed E-state index contributed by atoms with van der Waals surface area (Å²) in [5.74, 6) is 1.68. The lowest BCUT2D eigenvalue weighted by molar-refractivity contribution is 0.423. The fourth-order valence-electron chi connectivity index (χ4n) is 2.66. The molecule has 0 bridgehead atoms. The van der Waals surface area contributed by atoms with Crippen LogP contribution in [0.15, 0.2) is 24.3 Å². The fraction of sp³-hybridized carbons (Fsp3) is 0.625. The van der Waals surface area contributed by atoms with E-state index in [0.29, 0.717) is 0 Å². The molecule has 2 rings (SSSR count). The van der Waals surface area contributed by atoms with Gasteiger partial charge in [-0.05, 0) is 42.5 Å². The predicted molar refractivity (Wildman–Crippen MR) is 79.0 cm³/mol. The average Bonchev–Trinajstić information content (AvgIpc) is 2.87. The summed E-state index contributed by atoms with van der Waals surface area (Å²) in [6, 6.07) is 9.05. The van der Waals surface area contributed by atoms with Crippen molar-refractivity contribution in [3.63, 3.8) is 0 Å². The van der Waals surface area contributed by atoms with E-state index < -0.39 is 0 Å². The highest BCUT2D eigenvalue weighted by Gasteiger charge is 2.24. The molecule has 1 unspecified atom stereocenters. The maximum absolute atomic E-state index is 3.36. The van der Waals surface area contributed by atoms with Crippen molar-refractivity contribution < 1.29 is 0 Å². The van der Waals surface area contributed by atoms with Crippen LogP contribution in [-0.2, 0) is 6.54 Å². The van der Waals surface area contributed by atoms with Gasteiger partial charge in [-0.25, -0.2) is 0 Å². The van der Waals surface area contributed by atoms with E-state index in [0.717, 1.165) is 24.9 Å². The molecule has 0 spiro atoms. The van der Waals surface area contributed by atoms with Gasteiger partial charge < -0.3 is 10.2 Å². The van der Waals surface area contributed by atoms with Gasteiger partial charge in [0.15, 0.2) is 0 Å². The first kappa shape index (κ1) is 13.4. The molecule has 1 N–H and O–H groups in total. The van der Waals surface area contributed by atoms with Crippen LogP contribution < -0.4 is 10.2 Å². The number of nitrogens with one attached hydrogen (secondary N) is 1. The minimum absolute atomic E-state index is 0.808. The largest absolute Gasteiger partial charge is 0.371 e. The molecule has 0 radical (unpaired) electrons. The lowest BCUT2D eigenvalue weighted by atomic mass is 9.95. The third-order valence-corrected chi connectivity index (χ3v) is 4.05. The fourth-order valence-corrected chi connectivity index (χ4v) is 2.66. The Bertz CT molecular complexity index is 356. The molecule has 0 amide bonds. The molecule has 1 aliphatic rings. The van der Waals surface area contributed by atoms with Gasteiger partial charge in [0.1, 0.15) is 0 Å². The molecule has 1 fully saturated rings. The third kappa shape index (κ3) is 3.26. The van der Waals surface area contributed by atoms with E-state index in [1.165, 1.54) is 30.8 Å². The quantitative estimate of drug-likeness (QED) is 0.857. The van der Waals surface area contributed by atoms with Crippen LogP contribution in [0.3, 0.4) is 0 Å². The molecule has 2 nitrogen and oxygen atoms in total. The summed E-state index contributed by atoms with van der Waals surface area (Å²) in [5, 5.41) is 3.36. The highest BCUT2D eigenvalue weighted by molar-refractivity contribution is 5.48. The predicted octanol–water partition coefficient (Wildman–Crippen LogP) is 3.28. The number of anilines is 1. The summed E-state index contributed by atoms with van der Waals surface area (Å²) in [5.41, 5.74) is 2.76. The van der Waals surface area contributed by atoms with Crippen molar-refractivity contribution >= 4 is 5.69 Å². The molecule has 0 aromatic heterocycles. The van der Waals surface area contributed by atoms with Crippen molar-refractivity contribution in [1.82, 2.24) is 5.32 Å². The van der Waals surface area contributed by atoms with Crippen molar-refractivity contribution in [3.8, 4) is 0 Å². The number of hydrogen-bond donors (Lipinski definition) is 1. The Kier molecular flexibility index (Phi) is 4.65. The summed E-state index contributed by atoms with van der Waals surface area (Å²) in [6.07, 6.45) is 1.34. The molecule has 100 valence electrons. The maximum atomic E-state index is 3.36. The van der Waals surface area contributed by atoms with Gasteiger partial charge in [0.05, 0.1) is 0 Å². The van der Waals surface area contributed by atoms with Crippen molar-refractivity contribution in [2.24, 2.45) is 11.8 Å². The van der Waals surface area contributed by atoms with E-state index in [2.05, 4.69) is 55.3 Å². The zero-order valence-corrected chi connectivity index (χ0v) is 11.9. The monoisotopic (exact) mass is 246 g/mol. The van der Waals surface area contributed by atoms with E-state index in [4.69, 9.17) is 0 Å². The molecule has 0 aliphatic carbocycles. The van der Waals surface area contributed by atoms with Gasteiger partial charge in [-0.1, -0.05) is 32.9 Å². The lowest BCUT2D eigenvalue weighted by Crippen LogP contribution is -2.21. The van der Waals surface area contributed by atoms with Gasteiger partial charge in [0, 0.05) is 25.3 Å². The van der Waals surface area contributed by atoms with Gasteiger partial charge in [-0.15, -0.1) is 0 Å². The van der Waals surface area contributed by atoms with Gasteiger partial charge >= 0.3 is 0 Å². The summed E-state index contributed by atoms with van der Waals surface area (Å²) in [4.78, 5) is 2.53. The first-order valence-electron chi connectivity index (χ1n) is 7.25. The Morgan fingerprint density at radius 2 is 2.00 bits per heavy atom. The zero-order valence-electron chi connectivity index (χ0n) is 11.9. The summed E-state index contributed by atoms with van der Waals surface area (Å²) in [6.45, 7) is 11.3. The second-order valence-electron chi connectivity index (χ2n) is 5.69. The third-order valence-electron chi connectivity index (χ3n) is 4.05. The van der Waals surface area contributed by atoms with Crippen molar-refractivity contribution in [2.75, 3.05) is 24.5 Å². The van der Waals surface area contributed by atoms with E-state index in [1.807, 2.05) is 0 Å². The number of hydrogen-bond acceptors (Lipinski definition) is 2. The number of rotatable bonds is 5. The van der Waals surface area contributed by atoms with Gasteiger partial charge in [0.25, 0.3) is 0 Å². The molecule has 0 saturated carbocycles. The summed E-state index contributed by atoms with van der Waals surface area (Å²) < 4.78 is 0. The molecule has 1 atom stereocenters. The minimum atomic E-state index is 0.808. The van der Waals surface area contributed by atoms with Crippen LogP contribution in [0, 0.1) is 11.8 Å². The van der Waals surface area contributed by atoms with Crippen LogP contribution in [0.2, 0.25) is 0 Å². The van der Waals surface area contributed by atoms with Crippen LogP contribution in [0.5, 0.6) is 0 Å². The second-order valence-corrected chi connectivity index (χ2v) is 5.69. The molecular weight excluding hydrogens is 220 g/mol. The zero-order chi connectivity index (χ0) is 13.0. The first-order valence-corrected chi connectivity index (χ1v) is 7.25. The first-order chi connectivity index (χ1) is 8.70. The molecule has 2 heteroatoms. The number of nitrogens with zero attached hydrogens (tertiary/aromatic N) is 1. The molecule has 1 saturated heterocycles. The molecule has 1 aromatic rings. The highest BCUT2D eigenvalue weighted by atomic mass is 15.1. The Labute approximate surface area is 111 Å². The smallest absolute Gasteiger partial charge is 0.0366 e. The second kappa shape index (κ2) is 6.24. The normalized spacial score (nSPS) is 19.8. The SMILES string of the molecule is CCNCc1ccc(N2CCC(C(C)C)C2)cc1. The number of benzene rings is 1. The topological polar surface area (TPSA) is 15.3 Å². The molecular formula is C16H26N2. The standard InChI is InChI=1S/C16H26N2/c1-4-17-11-14-5-7-16(8-6-14)18-10-9-15(12-18)13(2)3/h5-8,13,15,17H,4,9-12H2,1-3H3. The van der Waals surface area contributed by atoms with Crippen LogP contribution in [-0.4, -0.2) is 19.6 Å². The lowest BCUT2D eigenvalue weighted by Gasteiger charge is -2.20. The molecule has 1 aromatic carbocycles. The van der Waals surface area contributed by atoms with E-state index in [9.17, 15) is 0 Å². The molecule has 1 aliphatic heterocycles. The van der Waals surface area contributed by atoms with E-state index in [-0.39, 0.29) is 0 Å². The van der Waals surface area contributed by atoms with Gasteiger partial charge in [-0.3, -0.25) is 0 Å². The molecule has 1 heterocycles. The van der Waals surface area contributed by atoms with Crippen LogP contribution in [0.25, 0.3) is 0 Å². The van der Waals surface area contributed by atoms with Crippen LogP contribution in [0.1, 0.15) is 32.8 Å². The van der Waals surface area contributed by atoms with Gasteiger partial charge in [0.2, 0.25) is 0 Å². The van der Waals surface area contributed by atoms with E-state index in [1.54, 1.807) is 0 Å². The average molecular weight is 246 g/mol. The maximum Gasteiger partial charge on any atom is 0.0366 e. The summed E-state index contributed by atoms with van der Waals surface area (Å²) >= 11 is 0. The van der Waals surface area contributed by atoms with Gasteiger partial charge in [-0.2, -0.15) is 0 Å². The Balaban J connectivity index is 1.94.